The van der Waals surface area contributed by atoms with Crippen LogP contribution in [0, 0.1) is 6.92 Å². The Kier molecular flexibility index (Phi) is 4.58. The van der Waals surface area contributed by atoms with Crippen molar-refractivity contribution < 1.29 is 4.79 Å². The number of piperidine rings is 1. The maximum atomic E-state index is 12.7. The molecular formula is C20H21N5O2. The van der Waals surface area contributed by atoms with Crippen LogP contribution in [-0.2, 0) is 0 Å². The number of nitrogens with one attached hydrogen (secondary N) is 2. The van der Waals surface area contributed by atoms with Gasteiger partial charge in [0.15, 0.2) is 0 Å². The highest BCUT2D eigenvalue weighted by molar-refractivity contribution is 5.92. The molecular weight excluding hydrogens is 342 g/mol. The highest BCUT2D eigenvalue weighted by Gasteiger charge is 2.26. The standard InChI is InChI=1S/C20H21N5O2/c1-13-22-18(11-19(26)23-13)15-5-3-9-25(12-15)20(27)24-16-7-6-14-4-2-8-21-17(14)10-16/h2,4,6-8,10-11,15H,3,5,9,12H2,1H3,(H,24,27)(H,22,23,26)/t15-/m1/s1. The highest BCUT2D eigenvalue weighted by atomic mass is 16.2. The van der Waals surface area contributed by atoms with Crippen molar-refractivity contribution in [2.24, 2.45) is 0 Å². The van der Waals surface area contributed by atoms with Crippen LogP contribution < -0.4 is 10.9 Å². The number of rotatable bonds is 2. The summed E-state index contributed by atoms with van der Waals surface area (Å²) in [5.74, 6) is 0.673. The van der Waals surface area contributed by atoms with Crippen LogP contribution in [0.1, 0.15) is 30.3 Å². The molecule has 1 fully saturated rings. The number of likely N-dealkylation sites (tertiary alicyclic amines) is 1. The number of fused-ring (bicyclic) bond motifs is 1. The molecule has 0 saturated carbocycles. The molecule has 2 N–H and O–H groups in total. The number of hydrogen-bond donors (Lipinski definition) is 2. The second-order valence-electron chi connectivity index (χ2n) is 6.88. The maximum absolute atomic E-state index is 12.7. The Morgan fingerprint density at radius 3 is 3.04 bits per heavy atom. The first-order chi connectivity index (χ1) is 13.1. The number of aryl methyl sites for hydroxylation is 1. The molecule has 0 unspecified atom stereocenters. The summed E-state index contributed by atoms with van der Waals surface area (Å²) in [5, 5.41) is 3.99. The van der Waals surface area contributed by atoms with Gasteiger partial charge in [0.2, 0.25) is 0 Å². The Bertz CT molecular complexity index is 1050. The maximum Gasteiger partial charge on any atom is 0.321 e. The van der Waals surface area contributed by atoms with Gasteiger partial charge in [0, 0.05) is 42.3 Å². The molecule has 138 valence electrons. The van der Waals surface area contributed by atoms with Crippen LogP contribution in [0.15, 0.2) is 47.4 Å². The normalized spacial score (nSPS) is 17.1. The first-order valence-corrected chi connectivity index (χ1v) is 9.07. The molecule has 2 amide bonds. The van der Waals surface area contributed by atoms with Crippen molar-refractivity contribution in [3.05, 3.63) is 64.5 Å². The summed E-state index contributed by atoms with van der Waals surface area (Å²) in [6.45, 7) is 3.01. The van der Waals surface area contributed by atoms with Crippen molar-refractivity contribution >= 4 is 22.6 Å². The molecule has 2 aromatic heterocycles. The number of amides is 2. The van der Waals surface area contributed by atoms with E-state index < -0.39 is 0 Å². The molecule has 1 aromatic carbocycles. The SMILES string of the molecule is Cc1nc([C@@H]2CCCN(C(=O)Nc3ccc4cccnc4c3)C2)cc(=O)[nH]1. The molecule has 3 aromatic rings. The van der Waals surface area contributed by atoms with E-state index >= 15 is 0 Å². The molecule has 1 aliphatic heterocycles. The third kappa shape index (κ3) is 3.81. The summed E-state index contributed by atoms with van der Waals surface area (Å²) >= 11 is 0. The number of aromatic amines is 1. The minimum absolute atomic E-state index is 0.0729. The quantitative estimate of drug-likeness (QED) is 0.732. The molecule has 7 heteroatoms. The van der Waals surface area contributed by atoms with E-state index in [1.807, 2.05) is 30.3 Å². The first kappa shape index (κ1) is 17.2. The fourth-order valence-electron chi connectivity index (χ4n) is 3.56. The van der Waals surface area contributed by atoms with E-state index in [9.17, 15) is 9.59 Å². The Morgan fingerprint density at radius 1 is 1.30 bits per heavy atom. The molecule has 0 aliphatic carbocycles. The zero-order chi connectivity index (χ0) is 18.8. The number of benzene rings is 1. The Morgan fingerprint density at radius 2 is 2.19 bits per heavy atom. The lowest BCUT2D eigenvalue weighted by atomic mass is 9.94. The van der Waals surface area contributed by atoms with E-state index in [4.69, 9.17) is 0 Å². The monoisotopic (exact) mass is 363 g/mol. The van der Waals surface area contributed by atoms with Crippen LogP contribution in [0.2, 0.25) is 0 Å². The van der Waals surface area contributed by atoms with Gasteiger partial charge in [0.05, 0.1) is 11.2 Å². The van der Waals surface area contributed by atoms with Gasteiger partial charge in [-0.3, -0.25) is 9.78 Å². The van der Waals surface area contributed by atoms with Gasteiger partial charge >= 0.3 is 6.03 Å². The fraction of sp³-hybridized carbons (Fsp3) is 0.300. The number of aromatic nitrogens is 3. The topological polar surface area (TPSA) is 91.0 Å². The molecule has 3 heterocycles. The minimum atomic E-state index is -0.150. The summed E-state index contributed by atoms with van der Waals surface area (Å²) in [6.07, 6.45) is 3.53. The molecule has 0 radical (unpaired) electrons. The van der Waals surface area contributed by atoms with Crippen LogP contribution in [0.4, 0.5) is 10.5 Å². The number of pyridine rings is 1. The smallest absolute Gasteiger partial charge is 0.321 e. The van der Waals surface area contributed by atoms with E-state index in [-0.39, 0.29) is 17.5 Å². The van der Waals surface area contributed by atoms with Crippen LogP contribution in [0.5, 0.6) is 0 Å². The molecule has 7 nitrogen and oxygen atoms in total. The molecule has 1 aliphatic rings. The molecule has 1 atom stereocenters. The third-order valence-electron chi connectivity index (χ3n) is 4.86. The molecule has 27 heavy (non-hydrogen) atoms. The van der Waals surface area contributed by atoms with Gasteiger partial charge in [-0.1, -0.05) is 12.1 Å². The zero-order valence-corrected chi connectivity index (χ0v) is 15.1. The fourth-order valence-corrected chi connectivity index (χ4v) is 3.56. The number of H-pyrrole nitrogens is 1. The van der Waals surface area contributed by atoms with Gasteiger partial charge in [-0.15, -0.1) is 0 Å². The minimum Gasteiger partial charge on any atom is -0.324 e. The van der Waals surface area contributed by atoms with Crippen molar-refractivity contribution in [2.45, 2.75) is 25.7 Å². The van der Waals surface area contributed by atoms with E-state index in [0.717, 1.165) is 35.1 Å². The summed E-state index contributed by atoms with van der Waals surface area (Å²) in [7, 11) is 0. The summed E-state index contributed by atoms with van der Waals surface area (Å²) in [4.78, 5) is 37.7. The Hall–Kier alpha value is -3.22. The molecule has 0 spiro atoms. The molecule has 1 saturated heterocycles. The van der Waals surface area contributed by atoms with E-state index in [2.05, 4.69) is 20.3 Å². The zero-order valence-electron chi connectivity index (χ0n) is 15.1. The summed E-state index contributed by atoms with van der Waals surface area (Å²) < 4.78 is 0. The van der Waals surface area contributed by atoms with Crippen LogP contribution in [0.3, 0.4) is 0 Å². The van der Waals surface area contributed by atoms with Gasteiger partial charge < -0.3 is 15.2 Å². The number of carbonyl (C=O) groups is 1. The predicted molar refractivity (Wildman–Crippen MR) is 104 cm³/mol. The van der Waals surface area contributed by atoms with Crippen molar-refractivity contribution in [2.75, 3.05) is 18.4 Å². The molecule has 4 rings (SSSR count). The number of hydrogen-bond acceptors (Lipinski definition) is 4. The van der Waals surface area contributed by atoms with Crippen molar-refractivity contribution in [1.82, 2.24) is 19.9 Å². The molecule has 0 bridgehead atoms. The largest absolute Gasteiger partial charge is 0.324 e. The lowest BCUT2D eigenvalue weighted by Crippen LogP contribution is -2.42. The van der Waals surface area contributed by atoms with E-state index in [0.29, 0.717) is 18.9 Å². The number of carbonyl (C=O) groups excluding carboxylic acids is 1. The lowest BCUT2D eigenvalue weighted by Gasteiger charge is -2.32. The number of anilines is 1. The third-order valence-corrected chi connectivity index (χ3v) is 4.86. The number of urea groups is 1. The summed E-state index contributed by atoms with van der Waals surface area (Å²) in [5.41, 5.74) is 2.17. The van der Waals surface area contributed by atoms with Crippen molar-refractivity contribution in [1.29, 1.82) is 0 Å². The Balaban J connectivity index is 1.48. The van der Waals surface area contributed by atoms with Crippen molar-refractivity contribution in [3.8, 4) is 0 Å². The average Bonchev–Trinajstić information content (AvgIpc) is 2.67. The Labute approximate surface area is 156 Å². The predicted octanol–water partition coefficient (Wildman–Crippen LogP) is 3.04. The first-order valence-electron chi connectivity index (χ1n) is 9.07. The van der Waals surface area contributed by atoms with Gasteiger partial charge in [-0.2, -0.15) is 0 Å². The second-order valence-corrected chi connectivity index (χ2v) is 6.88. The van der Waals surface area contributed by atoms with Crippen LogP contribution >= 0.6 is 0 Å². The number of nitrogens with zero attached hydrogens (tertiary/aromatic N) is 3. The summed E-state index contributed by atoms with van der Waals surface area (Å²) in [6, 6.07) is 11.0. The van der Waals surface area contributed by atoms with Gasteiger partial charge in [0.1, 0.15) is 5.82 Å². The van der Waals surface area contributed by atoms with Crippen molar-refractivity contribution in [3.63, 3.8) is 0 Å². The van der Waals surface area contributed by atoms with E-state index in [1.54, 1.807) is 18.0 Å². The second kappa shape index (κ2) is 7.19. The van der Waals surface area contributed by atoms with Gasteiger partial charge in [-0.05, 0) is 38.0 Å². The van der Waals surface area contributed by atoms with Crippen LogP contribution in [-0.4, -0.2) is 39.0 Å². The van der Waals surface area contributed by atoms with Gasteiger partial charge in [-0.25, -0.2) is 9.78 Å². The van der Waals surface area contributed by atoms with Gasteiger partial charge in [0.25, 0.3) is 5.56 Å². The lowest BCUT2D eigenvalue weighted by molar-refractivity contribution is 0.192. The van der Waals surface area contributed by atoms with E-state index in [1.165, 1.54) is 6.07 Å². The average molecular weight is 363 g/mol. The van der Waals surface area contributed by atoms with Crippen LogP contribution in [0.25, 0.3) is 10.9 Å². The highest BCUT2D eigenvalue weighted by Crippen LogP contribution is 2.25.